The van der Waals surface area contributed by atoms with E-state index in [2.05, 4.69) is 146 Å². The summed E-state index contributed by atoms with van der Waals surface area (Å²) in [5.74, 6) is 0. The second-order valence-electron chi connectivity index (χ2n) is 13.2. The molecule has 0 bridgehead atoms. The predicted octanol–water partition coefficient (Wildman–Crippen LogP) is 12.3. The van der Waals surface area contributed by atoms with E-state index < -0.39 is 7.14 Å². The summed E-state index contributed by atoms with van der Waals surface area (Å²) in [6.45, 7) is 0. The van der Waals surface area contributed by atoms with Crippen molar-refractivity contribution in [2.45, 2.75) is 0 Å². The lowest BCUT2D eigenvalue weighted by molar-refractivity contribution is 0.592. The van der Waals surface area contributed by atoms with Crippen LogP contribution in [-0.4, -0.2) is 0 Å². The molecule has 2 heteroatoms. The molecule has 0 aromatic heterocycles. The Morgan fingerprint density at radius 1 is 0.250 bits per heavy atom. The maximum absolute atomic E-state index is 15.5. The van der Waals surface area contributed by atoms with Gasteiger partial charge in [-0.2, -0.15) is 0 Å². The molecule has 0 N–H and O–H groups in total. The van der Waals surface area contributed by atoms with Crippen molar-refractivity contribution in [2.75, 3.05) is 0 Å². The lowest BCUT2D eigenvalue weighted by Crippen LogP contribution is -2.25. The molecular formula is C50H35OP. The Balaban J connectivity index is 1.31. The van der Waals surface area contributed by atoms with Crippen LogP contribution in [0.5, 0.6) is 0 Å². The Morgan fingerprint density at radius 3 is 1.02 bits per heavy atom. The van der Waals surface area contributed by atoms with E-state index in [1.807, 2.05) is 66.7 Å². The minimum atomic E-state index is -3.17. The summed E-state index contributed by atoms with van der Waals surface area (Å²) in [6.07, 6.45) is 0. The smallest absolute Gasteiger partial charge is 0.171 e. The SMILES string of the molecule is O=P(c1ccccc1)(c1ccccc1)c1cccc(-c2c3ccccc3c(-c3cc(-c4ccccc4)cc(-c4ccccc4)c3)c3ccccc23)c1. The van der Waals surface area contributed by atoms with Crippen LogP contribution >= 0.6 is 7.14 Å². The minimum absolute atomic E-state index is 0.822. The first-order valence-corrected chi connectivity index (χ1v) is 19.4. The molecule has 9 aromatic rings. The van der Waals surface area contributed by atoms with Crippen molar-refractivity contribution in [1.82, 2.24) is 0 Å². The van der Waals surface area contributed by atoms with Crippen molar-refractivity contribution in [3.05, 3.63) is 212 Å². The number of hydrogen-bond acceptors (Lipinski definition) is 1. The summed E-state index contributed by atoms with van der Waals surface area (Å²) in [7, 11) is -3.17. The third-order valence-corrected chi connectivity index (χ3v) is 13.2. The summed E-state index contributed by atoms with van der Waals surface area (Å²) in [5.41, 5.74) is 9.30. The first kappa shape index (κ1) is 31.7. The van der Waals surface area contributed by atoms with E-state index in [0.717, 1.165) is 37.8 Å². The summed E-state index contributed by atoms with van der Waals surface area (Å²) < 4.78 is 15.5. The topological polar surface area (TPSA) is 17.1 Å². The van der Waals surface area contributed by atoms with Crippen molar-refractivity contribution in [3.8, 4) is 44.5 Å². The van der Waals surface area contributed by atoms with Crippen molar-refractivity contribution >= 4 is 44.6 Å². The highest BCUT2D eigenvalue weighted by Crippen LogP contribution is 2.47. The highest BCUT2D eigenvalue weighted by Gasteiger charge is 2.30. The molecule has 9 rings (SSSR count). The van der Waals surface area contributed by atoms with Crippen molar-refractivity contribution in [2.24, 2.45) is 0 Å². The van der Waals surface area contributed by atoms with Crippen LogP contribution in [0.2, 0.25) is 0 Å². The van der Waals surface area contributed by atoms with E-state index in [4.69, 9.17) is 0 Å². The van der Waals surface area contributed by atoms with Crippen molar-refractivity contribution in [1.29, 1.82) is 0 Å². The third-order valence-electron chi connectivity index (χ3n) is 10.1. The zero-order valence-corrected chi connectivity index (χ0v) is 29.5. The van der Waals surface area contributed by atoms with Gasteiger partial charge in [0.1, 0.15) is 0 Å². The van der Waals surface area contributed by atoms with Gasteiger partial charge in [0.05, 0.1) is 0 Å². The number of hydrogen-bond donors (Lipinski definition) is 0. The molecule has 0 amide bonds. The zero-order chi connectivity index (χ0) is 34.9. The third kappa shape index (κ3) is 5.57. The van der Waals surface area contributed by atoms with Gasteiger partial charge in [-0.15, -0.1) is 0 Å². The van der Waals surface area contributed by atoms with E-state index in [1.54, 1.807) is 0 Å². The molecule has 0 heterocycles. The van der Waals surface area contributed by atoms with Gasteiger partial charge >= 0.3 is 0 Å². The van der Waals surface area contributed by atoms with Crippen LogP contribution in [0.4, 0.5) is 0 Å². The second kappa shape index (κ2) is 13.5. The number of benzene rings is 9. The lowest BCUT2D eigenvalue weighted by atomic mass is 9.84. The number of fused-ring (bicyclic) bond motifs is 2. The molecule has 0 aliphatic carbocycles. The van der Waals surface area contributed by atoms with Gasteiger partial charge in [-0.3, -0.25) is 0 Å². The molecule has 0 atom stereocenters. The number of rotatable bonds is 7. The molecule has 0 aliphatic rings. The molecule has 0 saturated carbocycles. The maximum atomic E-state index is 15.5. The fraction of sp³-hybridized carbons (Fsp3) is 0. The van der Waals surface area contributed by atoms with Gasteiger partial charge in [0.15, 0.2) is 7.14 Å². The highest BCUT2D eigenvalue weighted by atomic mass is 31.2. The van der Waals surface area contributed by atoms with Crippen molar-refractivity contribution in [3.63, 3.8) is 0 Å². The normalized spacial score (nSPS) is 11.5. The largest absolute Gasteiger partial charge is 0.309 e. The monoisotopic (exact) mass is 682 g/mol. The Bertz CT molecular complexity index is 2580. The Kier molecular flexibility index (Phi) is 8.20. The van der Waals surface area contributed by atoms with Gasteiger partial charge in [-0.1, -0.05) is 188 Å². The van der Waals surface area contributed by atoms with Gasteiger partial charge in [0.2, 0.25) is 0 Å². The van der Waals surface area contributed by atoms with Crippen LogP contribution in [0.25, 0.3) is 66.1 Å². The molecule has 9 aromatic carbocycles. The van der Waals surface area contributed by atoms with Gasteiger partial charge in [-0.25, -0.2) is 0 Å². The van der Waals surface area contributed by atoms with Crippen LogP contribution in [0.15, 0.2) is 212 Å². The van der Waals surface area contributed by atoms with Gasteiger partial charge in [0, 0.05) is 15.9 Å². The fourth-order valence-electron chi connectivity index (χ4n) is 7.70. The first-order chi connectivity index (χ1) is 25.7. The Morgan fingerprint density at radius 2 is 0.577 bits per heavy atom. The van der Waals surface area contributed by atoms with E-state index in [9.17, 15) is 0 Å². The molecule has 0 fully saturated rings. The molecule has 0 aliphatic heterocycles. The molecular weight excluding hydrogens is 648 g/mol. The molecule has 0 saturated heterocycles. The predicted molar refractivity (Wildman–Crippen MR) is 223 cm³/mol. The molecule has 0 radical (unpaired) electrons. The van der Waals surface area contributed by atoms with Crippen LogP contribution in [0.3, 0.4) is 0 Å². The zero-order valence-electron chi connectivity index (χ0n) is 28.6. The average Bonchev–Trinajstić information content (AvgIpc) is 3.23. The standard InChI is InChI=1S/C50H35OP/c51-52(42-23-9-3-10-24-42,43-25-11-4-12-26-43)44-27-17-22-38(35-44)49-45-28-13-15-30-47(45)50(48-31-16-14-29-46(48)49)41-33-39(36-18-5-1-6-19-36)32-40(34-41)37-20-7-2-8-21-37/h1-35H. The van der Waals surface area contributed by atoms with E-state index in [-0.39, 0.29) is 0 Å². The summed E-state index contributed by atoms with van der Waals surface area (Å²) in [6, 6.07) is 74.0. The molecule has 0 spiro atoms. The van der Waals surface area contributed by atoms with Crippen molar-refractivity contribution < 1.29 is 4.57 Å². The van der Waals surface area contributed by atoms with Crippen LogP contribution in [0, 0.1) is 0 Å². The Labute approximate surface area is 304 Å². The van der Waals surface area contributed by atoms with Crippen LogP contribution in [-0.2, 0) is 4.57 Å². The Hall–Kier alpha value is -6.27. The first-order valence-electron chi connectivity index (χ1n) is 17.7. The van der Waals surface area contributed by atoms with E-state index >= 15 is 4.57 Å². The summed E-state index contributed by atoms with van der Waals surface area (Å²) in [5, 5.41) is 7.16. The van der Waals surface area contributed by atoms with Crippen LogP contribution in [0.1, 0.15) is 0 Å². The van der Waals surface area contributed by atoms with Crippen LogP contribution < -0.4 is 15.9 Å². The fourth-order valence-corrected chi connectivity index (χ4v) is 10.4. The maximum Gasteiger partial charge on any atom is 0.171 e. The highest BCUT2D eigenvalue weighted by molar-refractivity contribution is 7.85. The lowest BCUT2D eigenvalue weighted by Gasteiger charge is -2.22. The molecule has 246 valence electrons. The summed E-state index contributed by atoms with van der Waals surface area (Å²) >= 11 is 0. The van der Waals surface area contributed by atoms with Gasteiger partial charge in [0.25, 0.3) is 0 Å². The average molecular weight is 683 g/mol. The van der Waals surface area contributed by atoms with E-state index in [1.165, 1.54) is 44.2 Å². The minimum Gasteiger partial charge on any atom is -0.309 e. The van der Waals surface area contributed by atoms with E-state index in [0.29, 0.717) is 0 Å². The molecule has 1 nitrogen and oxygen atoms in total. The summed E-state index contributed by atoms with van der Waals surface area (Å²) in [4.78, 5) is 0. The quantitative estimate of drug-likeness (QED) is 0.121. The second-order valence-corrected chi connectivity index (χ2v) is 16.0. The molecule has 0 unspecified atom stereocenters. The van der Waals surface area contributed by atoms with Gasteiger partial charge in [-0.05, 0) is 90.3 Å². The molecule has 52 heavy (non-hydrogen) atoms. The van der Waals surface area contributed by atoms with Gasteiger partial charge < -0.3 is 4.57 Å².